The van der Waals surface area contributed by atoms with Crippen molar-refractivity contribution in [3.05, 3.63) is 31.5 Å². The van der Waals surface area contributed by atoms with E-state index in [0.29, 0.717) is 64.6 Å². The molecule has 0 aliphatic carbocycles. The maximum absolute atomic E-state index is 13.7. The first-order valence-corrected chi connectivity index (χ1v) is 12.6. The van der Waals surface area contributed by atoms with Gasteiger partial charge in [-0.1, -0.05) is 11.6 Å². The molecule has 0 spiro atoms. The number of carbonyl (C=O) groups excluding carboxylic acids is 1. The molecule has 1 fully saturated rings. The lowest BCUT2D eigenvalue weighted by Crippen LogP contribution is -2.50. The van der Waals surface area contributed by atoms with Crippen LogP contribution in [0.4, 0.5) is 10.5 Å². The highest BCUT2D eigenvalue weighted by Crippen LogP contribution is 2.45. The van der Waals surface area contributed by atoms with Gasteiger partial charge in [0.25, 0.3) is 5.56 Å². The molecule has 4 rings (SSSR count). The minimum absolute atomic E-state index is 0.0678. The van der Waals surface area contributed by atoms with Crippen LogP contribution in [0.2, 0.25) is 5.02 Å². The van der Waals surface area contributed by atoms with E-state index in [0.717, 1.165) is 0 Å². The second-order valence-electron chi connectivity index (χ2n) is 10.1. The van der Waals surface area contributed by atoms with E-state index >= 15 is 0 Å². The summed E-state index contributed by atoms with van der Waals surface area (Å²) in [6.45, 7) is 8.05. The molecular weight excluding hydrogens is 538 g/mol. The Labute approximate surface area is 217 Å². The number of carbonyl (C=O) groups is 1. The van der Waals surface area contributed by atoms with Gasteiger partial charge in [0, 0.05) is 38.1 Å². The minimum atomic E-state index is -0.583. The fourth-order valence-corrected chi connectivity index (χ4v) is 5.24. The molecule has 1 atom stereocenters. The molecule has 2 aromatic rings. The third-order valence-corrected chi connectivity index (χ3v) is 7.35. The van der Waals surface area contributed by atoms with Crippen LogP contribution >= 0.6 is 27.5 Å². The number of halogens is 2. The number of aromatic nitrogens is 1. The van der Waals surface area contributed by atoms with Crippen LogP contribution in [0.1, 0.15) is 32.4 Å². The average Bonchev–Trinajstić information content (AvgIpc) is 2.77. The highest BCUT2D eigenvalue weighted by Gasteiger charge is 2.34. The van der Waals surface area contributed by atoms with Crippen molar-refractivity contribution in [1.29, 1.82) is 5.26 Å². The van der Waals surface area contributed by atoms with Crippen LogP contribution in [0, 0.1) is 11.3 Å². The molecule has 1 aromatic carbocycles. The van der Waals surface area contributed by atoms with Crippen molar-refractivity contribution < 1.29 is 14.3 Å². The van der Waals surface area contributed by atoms with E-state index in [2.05, 4.69) is 22.0 Å². The van der Waals surface area contributed by atoms with E-state index in [1.54, 1.807) is 15.5 Å². The highest BCUT2D eigenvalue weighted by atomic mass is 79.9. The number of nitrogens with zero attached hydrogens (tertiary/aromatic N) is 5. The van der Waals surface area contributed by atoms with Gasteiger partial charge in [0.15, 0.2) is 5.75 Å². The zero-order valence-electron chi connectivity index (χ0n) is 20.5. The number of pyridine rings is 1. The third-order valence-electron chi connectivity index (χ3n) is 6.04. The zero-order chi connectivity index (χ0) is 25.7. The molecule has 0 unspecified atom stereocenters. The molecule has 11 heteroatoms. The first-order chi connectivity index (χ1) is 16.4. The Morgan fingerprint density at radius 3 is 2.54 bits per heavy atom. The highest BCUT2D eigenvalue weighted by molar-refractivity contribution is 9.10. The Bertz CT molecular complexity index is 1270. The van der Waals surface area contributed by atoms with E-state index in [-0.39, 0.29) is 29.9 Å². The number of rotatable bonds is 3. The third kappa shape index (κ3) is 4.82. The summed E-state index contributed by atoms with van der Waals surface area (Å²) in [6, 6.07) is 3.67. The largest absolute Gasteiger partial charge is 0.488 e. The predicted octanol–water partition coefficient (Wildman–Crippen LogP) is 3.84. The topological polar surface area (TPSA) is 91.0 Å². The van der Waals surface area contributed by atoms with Gasteiger partial charge in [0.2, 0.25) is 0 Å². The van der Waals surface area contributed by atoms with Crippen LogP contribution in [-0.4, -0.2) is 79.5 Å². The van der Waals surface area contributed by atoms with Gasteiger partial charge >= 0.3 is 6.09 Å². The first kappa shape index (κ1) is 25.6. The SMILES string of the molecule is CN(C)C[C@H]1COc2c(Br)c(Cl)cc3c(N4CCN(C(=O)OC(C)(C)C)CC4)c(C#N)c(=O)n1c23. The summed E-state index contributed by atoms with van der Waals surface area (Å²) in [5.41, 5.74) is 0.277. The maximum atomic E-state index is 13.7. The van der Waals surface area contributed by atoms with Gasteiger partial charge in [0.1, 0.15) is 23.8 Å². The number of nitriles is 1. The first-order valence-electron chi connectivity index (χ1n) is 11.4. The van der Waals surface area contributed by atoms with Gasteiger partial charge in [-0.05, 0) is 56.9 Å². The summed E-state index contributed by atoms with van der Waals surface area (Å²) >= 11 is 10.1. The predicted molar refractivity (Wildman–Crippen MR) is 139 cm³/mol. The summed E-state index contributed by atoms with van der Waals surface area (Å²) in [7, 11) is 3.86. The number of hydrogen-bond donors (Lipinski definition) is 0. The van der Waals surface area contributed by atoms with Crippen molar-refractivity contribution in [3.8, 4) is 11.8 Å². The fraction of sp³-hybridized carbons (Fsp3) is 0.542. The molecule has 188 valence electrons. The van der Waals surface area contributed by atoms with E-state index < -0.39 is 5.60 Å². The fourth-order valence-electron chi connectivity index (χ4n) is 4.63. The summed E-state index contributed by atoms with van der Waals surface area (Å²) in [5.74, 6) is 0.498. The van der Waals surface area contributed by atoms with Crippen LogP contribution in [0.5, 0.6) is 5.75 Å². The molecule has 0 saturated carbocycles. The number of piperazine rings is 1. The molecule has 2 aliphatic rings. The monoisotopic (exact) mass is 565 g/mol. The van der Waals surface area contributed by atoms with Crippen LogP contribution < -0.4 is 15.2 Å². The lowest BCUT2D eigenvalue weighted by molar-refractivity contribution is 0.0240. The summed E-state index contributed by atoms with van der Waals surface area (Å²) in [5, 5.41) is 11.2. The summed E-state index contributed by atoms with van der Waals surface area (Å²) in [6.07, 6.45) is -0.374. The molecule has 9 nitrogen and oxygen atoms in total. The Morgan fingerprint density at radius 1 is 1.31 bits per heavy atom. The summed E-state index contributed by atoms with van der Waals surface area (Å²) < 4.78 is 13.8. The van der Waals surface area contributed by atoms with Crippen molar-refractivity contribution in [2.24, 2.45) is 0 Å². The summed E-state index contributed by atoms with van der Waals surface area (Å²) in [4.78, 5) is 31.8. The quantitative estimate of drug-likeness (QED) is 0.558. The molecule has 2 aliphatic heterocycles. The van der Waals surface area contributed by atoms with Crippen LogP contribution in [0.3, 0.4) is 0 Å². The van der Waals surface area contributed by atoms with Crippen molar-refractivity contribution in [1.82, 2.24) is 14.4 Å². The number of benzene rings is 1. The number of likely N-dealkylation sites (N-methyl/N-ethyl adjacent to an activating group) is 1. The average molecular weight is 567 g/mol. The number of amides is 1. The van der Waals surface area contributed by atoms with Crippen molar-refractivity contribution in [3.63, 3.8) is 0 Å². The van der Waals surface area contributed by atoms with Crippen LogP contribution in [-0.2, 0) is 4.74 Å². The van der Waals surface area contributed by atoms with Gasteiger partial charge in [-0.25, -0.2) is 4.79 Å². The van der Waals surface area contributed by atoms with E-state index in [9.17, 15) is 14.9 Å². The van der Waals surface area contributed by atoms with Crippen LogP contribution in [0.15, 0.2) is 15.3 Å². The lowest BCUT2D eigenvalue weighted by Gasteiger charge is -2.38. The second kappa shape index (κ2) is 9.52. The van der Waals surface area contributed by atoms with E-state index in [4.69, 9.17) is 21.1 Å². The normalized spacial score (nSPS) is 18.0. The second-order valence-corrected chi connectivity index (χ2v) is 11.3. The molecule has 1 amide bonds. The number of hydrogen-bond acceptors (Lipinski definition) is 7. The van der Waals surface area contributed by atoms with Crippen molar-refractivity contribution in [2.75, 3.05) is 58.3 Å². The Morgan fingerprint density at radius 2 is 1.97 bits per heavy atom. The Balaban J connectivity index is 1.82. The maximum Gasteiger partial charge on any atom is 0.410 e. The minimum Gasteiger partial charge on any atom is -0.488 e. The molecular formula is C24H29BrClN5O4. The van der Waals surface area contributed by atoms with Crippen molar-refractivity contribution >= 4 is 50.2 Å². The number of anilines is 1. The molecule has 35 heavy (non-hydrogen) atoms. The zero-order valence-corrected chi connectivity index (χ0v) is 22.9. The molecule has 0 radical (unpaired) electrons. The Hall–Kier alpha value is -2.48. The van der Waals surface area contributed by atoms with Crippen molar-refractivity contribution in [2.45, 2.75) is 32.4 Å². The van der Waals surface area contributed by atoms with Crippen LogP contribution in [0.25, 0.3) is 10.9 Å². The van der Waals surface area contributed by atoms with E-state index in [1.165, 1.54) is 0 Å². The van der Waals surface area contributed by atoms with E-state index in [1.807, 2.05) is 44.7 Å². The van der Waals surface area contributed by atoms with Gasteiger partial charge in [-0.3, -0.25) is 9.36 Å². The standard InChI is InChI=1S/C24H29BrClN5O4/c1-24(2,3)35-23(33)30-8-6-29(7-9-30)19-15-10-17(26)18(25)21-20(15)31(22(32)16(19)11-27)14(13-34-21)12-28(4)5/h10,14H,6-9,12-13H2,1-5H3/t14-/m0/s1. The smallest absolute Gasteiger partial charge is 0.410 e. The van der Waals surface area contributed by atoms with Gasteiger partial charge < -0.3 is 24.2 Å². The lowest BCUT2D eigenvalue weighted by atomic mass is 10.0. The van der Waals surface area contributed by atoms with Gasteiger partial charge in [0.05, 0.1) is 26.7 Å². The van der Waals surface area contributed by atoms with Gasteiger partial charge in [-0.15, -0.1) is 0 Å². The molecule has 3 heterocycles. The Kier molecular flexibility index (Phi) is 6.97. The molecule has 1 aromatic heterocycles. The molecule has 0 N–H and O–H groups in total. The van der Waals surface area contributed by atoms with Gasteiger partial charge in [-0.2, -0.15) is 5.26 Å². The molecule has 0 bridgehead atoms. The number of ether oxygens (including phenoxy) is 2. The molecule has 1 saturated heterocycles.